The molecule has 21 heavy (non-hydrogen) atoms. The zero-order valence-electron chi connectivity index (χ0n) is 12.9. The van der Waals surface area contributed by atoms with Gasteiger partial charge in [0.25, 0.3) is 0 Å². The molecule has 0 spiro atoms. The molecule has 1 aliphatic rings. The third kappa shape index (κ3) is 2.81. The van der Waals surface area contributed by atoms with E-state index in [0.29, 0.717) is 0 Å². The lowest BCUT2D eigenvalue weighted by Gasteiger charge is -2.21. The predicted molar refractivity (Wildman–Crippen MR) is 86.8 cm³/mol. The molecule has 1 unspecified atom stereocenters. The van der Waals surface area contributed by atoms with Crippen LogP contribution in [0.2, 0.25) is 0 Å². The molecule has 0 heterocycles. The standard InChI is InChI=1S/C19H23NO/c1-13-7-10-18(21-2)17(11-13)19(20)16-9-8-14-5-3-4-6-15(14)12-16/h7-12,19H,3-6,20H2,1-2H3. The number of aryl methyl sites for hydroxylation is 3. The first-order valence-electron chi connectivity index (χ1n) is 7.71. The number of methoxy groups -OCH3 is 1. The number of hydrogen-bond donors (Lipinski definition) is 1. The zero-order valence-corrected chi connectivity index (χ0v) is 12.9. The maximum absolute atomic E-state index is 6.51. The highest BCUT2D eigenvalue weighted by molar-refractivity contribution is 5.45. The Labute approximate surface area is 126 Å². The van der Waals surface area contributed by atoms with Crippen molar-refractivity contribution in [1.29, 1.82) is 0 Å². The first kappa shape index (κ1) is 14.2. The first-order chi connectivity index (χ1) is 10.2. The summed E-state index contributed by atoms with van der Waals surface area (Å²) in [5.74, 6) is 0.867. The van der Waals surface area contributed by atoms with E-state index < -0.39 is 0 Å². The van der Waals surface area contributed by atoms with Crippen LogP contribution in [-0.2, 0) is 12.8 Å². The second-order valence-electron chi connectivity index (χ2n) is 5.96. The summed E-state index contributed by atoms with van der Waals surface area (Å²) in [5.41, 5.74) is 12.9. The van der Waals surface area contributed by atoms with Gasteiger partial charge in [-0.1, -0.05) is 35.9 Å². The van der Waals surface area contributed by atoms with E-state index in [1.807, 2.05) is 6.07 Å². The van der Waals surface area contributed by atoms with Gasteiger partial charge in [0.2, 0.25) is 0 Å². The SMILES string of the molecule is COc1ccc(C)cc1C(N)c1ccc2c(c1)CCCC2. The lowest BCUT2D eigenvalue weighted by molar-refractivity contribution is 0.407. The van der Waals surface area contributed by atoms with Gasteiger partial charge < -0.3 is 10.5 Å². The van der Waals surface area contributed by atoms with E-state index >= 15 is 0 Å². The third-order valence-corrected chi connectivity index (χ3v) is 4.45. The van der Waals surface area contributed by atoms with Crippen molar-refractivity contribution in [2.75, 3.05) is 7.11 Å². The summed E-state index contributed by atoms with van der Waals surface area (Å²) in [4.78, 5) is 0. The fourth-order valence-electron chi connectivity index (χ4n) is 3.22. The molecule has 110 valence electrons. The Balaban J connectivity index is 1.98. The zero-order chi connectivity index (χ0) is 14.8. The van der Waals surface area contributed by atoms with E-state index in [0.717, 1.165) is 11.3 Å². The Kier molecular flexibility index (Phi) is 3.98. The summed E-state index contributed by atoms with van der Waals surface area (Å²) in [6, 6.07) is 12.8. The highest BCUT2D eigenvalue weighted by Gasteiger charge is 2.17. The predicted octanol–water partition coefficient (Wildman–Crippen LogP) is 3.93. The molecule has 0 amide bonds. The van der Waals surface area contributed by atoms with Gasteiger partial charge >= 0.3 is 0 Å². The van der Waals surface area contributed by atoms with Crippen LogP contribution in [0.25, 0.3) is 0 Å². The summed E-state index contributed by atoms with van der Waals surface area (Å²) >= 11 is 0. The third-order valence-electron chi connectivity index (χ3n) is 4.45. The van der Waals surface area contributed by atoms with Crippen LogP contribution in [0.1, 0.15) is 46.7 Å². The van der Waals surface area contributed by atoms with Gasteiger partial charge in [-0.15, -0.1) is 0 Å². The Morgan fingerprint density at radius 2 is 1.76 bits per heavy atom. The number of nitrogens with two attached hydrogens (primary N) is 1. The number of benzene rings is 2. The quantitative estimate of drug-likeness (QED) is 0.925. The lowest BCUT2D eigenvalue weighted by Crippen LogP contribution is -2.14. The molecule has 2 aromatic rings. The van der Waals surface area contributed by atoms with Gasteiger partial charge in [0.15, 0.2) is 0 Å². The molecule has 2 N–H and O–H groups in total. The Morgan fingerprint density at radius 1 is 1.00 bits per heavy atom. The van der Waals surface area contributed by atoms with Gasteiger partial charge in [-0.2, -0.15) is 0 Å². The molecule has 3 rings (SSSR count). The number of hydrogen-bond acceptors (Lipinski definition) is 2. The summed E-state index contributed by atoms with van der Waals surface area (Å²) in [6.45, 7) is 2.09. The van der Waals surface area contributed by atoms with Crippen molar-refractivity contribution in [1.82, 2.24) is 0 Å². The van der Waals surface area contributed by atoms with Crippen LogP contribution in [-0.4, -0.2) is 7.11 Å². The van der Waals surface area contributed by atoms with Gasteiger partial charge in [-0.25, -0.2) is 0 Å². The van der Waals surface area contributed by atoms with E-state index in [1.54, 1.807) is 7.11 Å². The molecular formula is C19H23NO. The van der Waals surface area contributed by atoms with E-state index in [-0.39, 0.29) is 6.04 Å². The van der Waals surface area contributed by atoms with Gasteiger partial charge in [-0.3, -0.25) is 0 Å². The van der Waals surface area contributed by atoms with Crippen LogP contribution in [0.5, 0.6) is 5.75 Å². The van der Waals surface area contributed by atoms with E-state index in [4.69, 9.17) is 10.5 Å². The molecule has 0 saturated carbocycles. The molecule has 2 heteroatoms. The summed E-state index contributed by atoms with van der Waals surface area (Å²) in [5, 5.41) is 0. The fourth-order valence-corrected chi connectivity index (χ4v) is 3.22. The molecule has 1 aliphatic carbocycles. The fraction of sp³-hybridized carbons (Fsp3) is 0.368. The summed E-state index contributed by atoms with van der Waals surface area (Å²) < 4.78 is 5.48. The number of ether oxygens (including phenoxy) is 1. The van der Waals surface area contributed by atoms with Crippen LogP contribution in [0, 0.1) is 6.92 Å². The van der Waals surface area contributed by atoms with E-state index in [1.165, 1.54) is 47.9 Å². The molecule has 0 fully saturated rings. The maximum Gasteiger partial charge on any atom is 0.123 e. The highest BCUT2D eigenvalue weighted by Crippen LogP contribution is 2.31. The molecule has 0 aliphatic heterocycles. The van der Waals surface area contributed by atoms with Crippen molar-refractivity contribution in [2.45, 2.75) is 38.6 Å². The van der Waals surface area contributed by atoms with Crippen molar-refractivity contribution in [3.05, 3.63) is 64.2 Å². The average Bonchev–Trinajstić information content (AvgIpc) is 2.53. The van der Waals surface area contributed by atoms with E-state index in [9.17, 15) is 0 Å². The minimum atomic E-state index is -0.132. The van der Waals surface area contributed by atoms with Crippen LogP contribution in [0.15, 0.2) is 36.4 Å². The van der Waals surface area contributed by atoms with Crippen LogP contribution in [0.3, 0.4) is 0 Å². The normalized spacial score (nSPS) is 15.4. The Hall–Kier alpha value is -1.80. The summed E-state index contributed by atoms with van der Waals surface area (Å²) in [7, 11) is 1.70. The molecule has 0 radical (unpaired) electrons. The molecule has 2 nitrogen and oxygen atoms in total. The minimum Gasteiger partial charge on any atom is -0.496 e. The molecule has 0 saturated heterocycles. The van der Waals surface area contributed by atoms with Gasteiger partial charge in [0.05, 0.1) is 13.2 Å². The topological polar surface area (TPSA) is 35.2 Å². The summed E-state index contributed by atoms with van der Waals surface area (Å²) in [6.07, 6.45) is 4.99. The molecule has 0 aromatic heterocycles. The van der Waals surface area contributed by atoms with Crippen LogP contribution in [0.4, 0.5) is 0 Å². The Bertz CT molecular complexity index is 648. The van der Waals surface area contributed by atoms with Gasteiger partial charge in [-0.05, 0) is 55.4 Å². The van der Waals surface area contributed by atoms with Crippen molar-refractivity contribution in [3.8, 4) is 5.75 Å². The maximum atomic E-state index is 6.51. The first-order valence-corrected chi connectivity index (χ1v) is 7.71. The second-order valence-corrected chi connectivity index (χ2v) is 5.96. The van der Waals surface area contributed by atoms with Crippen molar-refractivity contribution >= 4 is 0 Å². The lowest BCUT2D eigenvalue weighted by atomic mass is 9.88. The van der Waals surface area contributed by atoms with Gasteiger partial charge in [0, 0.05) is 5.56 Å². The second kappa shape index (κ2) is 5.90. The van der Waals surface area contributed by atoms with Crippen molar-refractivity contribution in [2.24, 2.45) is 5.73 Å². The monoisotopic (exact) mass is 281 g/mol. The van der Waals surface area contributed by atoms with Gasteiger partial charge in [0.1, 0.15) is 5.75 Å². The highest BCUT2D eigenvalue weighted by atomic mass is 16.5. The molecular weight excluding hydrogens is 258 g/mol. The average molecular weight is 281 g/mol. The van der Waals surface area contributed by atoms with Crippen molar-refractivity contribution in [3.63, 3.8) is 0 Å². The van der Waals surface area contributed by atoms with Crippen molar-refractivity contribution < 1.29 is 4.74 Å². The molecule has 0 bridgehead atoms. The van der Waals surface area contributed by atoms with Crippen LogP contribution >= 0.6 is 0 Å². The number of rotatable bonds is 3. The smallest absolute Gasteiger partial charge is 0.123 e. The van der Waals surface area contributed by atoms with E-state index in [2.05, 4.69) is 37.3 Å². The largest absolute Gasteiger partial charge is 0.496 e. The van der Waals surface area contributed by atoms with Crippen LogP contribution < -0.4 is 10.5 Å². The molecule has 1 atom stereocenters. The number of fused-ring (bicyclic) bond motifs is 1. The Morgan fingerprint density at radius 3 is 2.52 bits per heavy atom. The minimum absolute atomic E-state index is 0.132. The molecule has 2 aromatic carbocycles.